The molecule has 1 aliphatic heterocycles. The quantitative estimate of drug-likeness (QED) is 0.791. The first-order valence-corrected chi connectivity index (χ1v) is 8.91. The molecule has 1 aromatic carbocycles. The third-order valence-electron chi connectivity index (χ3n) is 3.79. The molecule has 0 saturated carbocycles. The lowest BCUT2D eigenvalue weighted by Crippen LogP contribution is -2.45. The number of nitrogens with two attached hydrogens (primary N) is 1. The summed E-state index contributed by atoms with van der Waals surface area (Å²) in [5.74, 6) is -0.313. The van der Waals surface area contributed by atoms with Crippen LogP contribution >= 0.6 is 11.3 Å². The Morgan fingerprint density at radius 3 is 2.92 bits per heavy atom. The Bertz CT molecular complexity index is 851. The van der Waals surface area contributed by atoms with Crippen LogP contribution < -0.4 is 20.7 Å². The molecule has 0 saturated heterocycles. The number of aromatic nitrogens is 1. The van der Waals surface area contributed by atoms with E-state index >= 15 is 0 Å². The number of hydrogen-bond acceptors (Lipinski definition) is 6. The van der Waals surface area contributed by atoms with Crippen molar-refractivity contribution in [2.45, 2.75) is 25.9 Å². The summed E-state index contributed by atoms with van der Waals surface area (Å²) in [6.07, 6.45) is -0.454. The number of primary amides is 1. The predicted molar refractivity (Wildman–Crippen MR) is 97.1 cm³/mol. The normalized spacial score (nSPS) is 16.0. The number of thiazole rings is 1. The lowest BCUT2D eigenvalue weighted by molar-refractivity contribution is -0.125. The van der Waals surface area contributed by atoms with Crippen LogP contribution in [-0.2, 0) is 20.8 Å². The zero-order valence-corrected chi connectivity index (χ0v) is 14.9. The first-order chi connectivity index (χ1) is 12.4. The molecule has 0 bridgehead atoms. The lowest BCUT2D eigenvalue weighted by Gasteiger charge is -2.32. The summed E-state index contributed by atoms with van der Waals surface area (Å²) in [6.45, 7) is 1.91. The number of benzene rings is 1. The molecular formula is C17H18N4O4S. The number of hydrogen-bond donors (Lipinski definition) is 2. The van der Waals surface area contributed by atoms with Gasteiger partial charge in [-0.25, -0.2) is 4.98 Å². The highest BCUT2D eigenvalue weighted by atomic mass is 32.1. The van der Waals surface area contributed by atoms with Crippen LogP contribution in [0.4, 0.5) is 10.8 Å². The molecule has 0 unspecified atom stereocenters. The van der Waals surface area contributed by atoms with Gasteiger partial charge in [0.15, 0.2) is 11.2 Å². The third-order valence-corrected chi connectivity index (χ3v) is 4.60. The van der Waals surface area contributed by atoms with E-state index < -0.39 is 12.0 Å². The summed E-state index contributed by atoms with van der Waals surface area (Å²) in [5, 5.41) is 4.74. The number of fused-ring (bicyclic) bond motifs is 1. The van der Waals surface area contributed by atoms with Crippen molar-refractivity contribution in [3.05, 3.63) is 35.3 Å². The van der Waals surface area contributed by atoms with Crippen molar-refractivity contribution in [2.24, 2.45) is 5.73 Å². The molecule has 3 N–H and O–H groups in total. The SMILES string of the molecule is C[C@@H]1Oc2ccccc2N(CCC(=O)Nc2nc(CC(N)=O)cs2)C1=O. The zero-order valence-electron chi connectivity index (χ0n) is 14.1. The van der Waals surface area contributed by atoms with Gasteiger partial charge < -0.3 is 20.7 Å². The van der Waals surface area contributed by atoms with Crippen molar-refractivity contribution in [1.29, 1.82) is 0 Å². The van der Waals surface area contributed by atoms with E-state index in [4.69, 9.17) is 10.5 Å². The molecule has 0 radical (unpaired) electrons. The highest BCUT2D eigenvalue weighted by molar-refractivity contribution is 7.13. The number of nitrogens with one attached hydrogen (secondary N) is 1. The van der Waals surface area contributed by atoms with E-state index in [9.17, 15) is 14.4 Å². The lowest BCUT2D eigenvalue weighted by atomic mass is 10.1. The molecule has 2 heterocycles. The van der Waals surface area contributed by atoms with Gasteiger partial charge in [-0.3, -0.25) is 14.4 Å². The number of rotatable bonds is 6. The van der Waals surface area contributed by atoms with E-state index in [1.165, 1.54) is 11.3 Å². The van der Waals surface area contributed by atoms with Gasteiger partial charge in [0.1, 0.15) is 5.75 Å². The Kier molecular flexibility index (Phi) is 5.17. The zero-order chi connectivity index (χ0) is 18.7. The molecule has 26 heavy (non-hydrogen) atoms. The summed E-state index contributed by atoms with van der Waals surface area (Å²) >= 11 is 1.22. The van der Waals surface area contributed by atoms with Crippen molar-refractivity contribution < 1.29 is 19.1 Å². The van der Waals surface area contributed by atoms with E-state index in [0.717, 1.165) is 0 Å². The molecular weight excluding hydrogens is 356 g/mol. The van der Waals surface area contributed by atoms with E-state index in [-0.39, 0.29) is 31.2 Å². The van der Waals surface area contributed by atoms with Gasteiger partial charge in [0, 0.05) is 18.3 Å². The first-order valence-electron chi connectivity index (χ1n) is 8.03. The van der Waals surface area contributed by atoms with Crippen molar-refractivity contribution in [2.75, 3.05) is 16.8 Å². The van der Waals surface area contributed by atoms with Gasteiger partial charge in [-0.15, -0.1) is 11.3 Å². The van der Waals surface area contributed by atoms with Crippen molar-refractivity contribution >= 4 is 39.9 Å². The fourth-order valence-corrected chi connectivity index (χ4v) is 3.34. The molecule has 8 nitrogen and oxygen atoms in total. The minimum absolute atomic E-state index is 0.0311. The van der Waals surface area contributed by atoms with Crippen LogP contribution in [0.5, 0.6) is 5.75 Å². The van der Waals surface area contributed by atoms with Gasteiger partial charge in [0.05, 0.1) is 17.8 Å². The molecule has 0 aliphatic carbocycles. The smallest absolute Gasteiger partial charge is 0.267 e. The van der Waals surface area contributed by atoms with Crippen LogP contribution in [0.3, 0.4) is 0 Å². The van der Waals surface area contributed by atoms with Crippen LogP contribution in [0, 0.1) is 0 Å². The van der Waals surface area contributed by atoms with Crippen LogP contribution in [0.15, 0.2) is 29.6 Å². The maximum absolute atomic E-state index is 12.4. The Hall–Kier alpha value is -2.94. The monoisotopic (exact) mass is 374 g/mol. The highest BCUT2D eigenvalue weighted by Gasteiger charge is 2.31. The van der Waals surface area contributed by atoms with E-state index in [2.05, 4.69) is 10.3 Å². The molecule has 1 aromatic heterocycles. The number of para-hydroxylation sites is 2. The molecule has 3 amide bonds. The Balaban J connectivity index is 1.61. The van der Waals surface area contributed by atoms with Crippen LogP contribution in [-0.4, -0.2) is 35.4 Å². The molecule has 0 spiro atoms. The van der Waals surface area contributed by atoms with Gasteiger partial charge in [0.2, 0.25) is 11.8 Å². The van der Waals surface area contributed by atoms with Crippen molar-refractivity contribution in [1.82, 2.24) is 4.98 Å². The van der Waals surface area contributed by atoms with Gasteiger partial charge in [-0.2, -0.15) is 0 Å². The third kappa shape index (κ3) is 3.99. The number of nitrogens with zero attached hydrogens (tertiary/aromatic N) is 2. The summed E-state index contributed by atoms with van der Waals surface area (Å²) in [5.41, 5.74) is 6.29. The maximum Gasteiger partial charge on any atom is 0.267 e. The summed E-state index contributed by atoms with van der Waals surface area (Å²) < 4.78 is 5.57. The van der Waals surface area contributed by atoms with Crippen LogP contribution in [0.25, 0.3) is 0 Å². The molecule has 136 valence electrons. The number of ether oxygens (including phenoxy) is 1. The Labute approximate surface area is 154 Å². The number of carbonyl (C=O) groups is 3. The maximum atomic E-state index is 12.4. The van der Waals surface area contributed by atoms with Gasteiger partial charge in [-0.1, -0.05) is 12.1 Å². The average Bonchev–Trinajstić information content (AvgIpc) is 3.01. The number of carbonyl (C=O) groups excluding carboxylic acids is 3. The van der Waals surface area contributed by atoms with Crippen molar-refractivity contribution in [3.8, 4) is 5.75 Å². The Morgan fingerprint density at radius 2 is 2.15 bits per heavy atom. The standard InChI is InChI=1S/C17H18N4O4S/c1-10-16(24)21(12-4-2-3-5-13(12)25-10)7-6-15(23)20-17-19-11(9-26-17)8-14(18)22/h2-5,9-10H,6-8H2,1H3,(H2,18,22)(H,19,20,23)/t10-/m0/s1. The minimum atomic E-state index is -0.594. The van der Waals surface area contributed by atoms with Gasteiger partial charge in [0.25, 0.3) is 5.91 Å². The first kappa shape index (κ1) is 17.9. The summed E-state index contributed by atoms with van der Waals surface area (Å²) in [7, 11) is 0. The van der Waals surface area contributed by atoms with E-state index in [0.29, 0.717) is 22.3 Å². The molecule has 9 heteroatoms. The molecule has 1 atom stereocenters. The largest absolute Gasteiger partial charge is 0.479 e. The second-order valence-corrected chi connectivity index (χ2v) is 6.66. The fourth-order valence-electron chi connectivity index (χ4n) is 2.61. The molecule has 0 fully saturated rings. The van der Waals surface area contributed by atoms with Crippen LogP contribution in [0.2, 0.25) is 0 Å². The van der Waals surface area contributed by atoms with E-state index in [1.54, 1.807) is 29.3 Å². The second-order valence-electron chi connectivity index (χ2n) is 5.80. The van der Waals surface area contributed by atoms with Gasteiger partial charge >= 0.3 is 0 Å². The summed E-state index contributed by atoms with van der Waals surface area (Å²) in [6, 6.07) is 7.22. The van der Waals surface area contributed by atoms with Crippen LogP contribution in [0.1, 0.15) is 19.0 Å². The van der Waals surface area contributed by atoms with Gasteiger partial charge in [-0.05, 0) is 19.1 Å². The average molecular weight is 374 g/mol. The summed E-state index contributed by atoms with van der Waals surface area (Å²) in [4.78, 5) is 41.1. The molecule has 3 rings (SSSR count). The molecule has 1 aliphatic rings. The number of amides is 3. The fraction of sp³-hybridized carbons (Fsp3) is 0.294. The minimum Gasteiger partial charge on any atom is -0.479 e. The van der Waals surface area contributed by atoms with E-state index in [1.807, 2.05) is 12.1 Å². The van der Waals surface area contributed by atoms with Crippen molar-refractivity contribution in [3.63, 3.8) is 0 Å². The highest BCUT2D eigenvalue weighted by Crippen LogP contribution is 2.33. The molecule has 2 aromatic rings. The predicted octanol–water partition coefficient (Wildman–Crippen LogP) is 1.31. The number of anilines is 2. The topological polar surface area (TPSA) is 115 Å². The Morgan fingerprint density at radius 1 is 1.38 bits per heavy atom. The second kappa shape index (κ2) is 7.52.